The maximum Gasteiger partial charge on any atom is 0.258 e. The first-order chi connectivity index (χ1) is 13.7. The summed E-state index contributed by atoms with van der Waals surface area (Å²) in [6, 6.07) is 4.82. The van der Waals surface area contributed by atoms with Gasteiger partial charge in [-0.2, -0.15) is 0 Å². The van der Waals surface area contributed by atoms with Crippen LogP contribution in [0.5, 0.6) is 0 Å². The van der Waals surface area contributed by atoms with Crippen molar-refractivity contribution < 1.29 is 4.39 Å². The van der Waals surface area contributed by atoms with Crippen LogP contribution in [0.3, 0.4) is 0 Å². The lowest BCUT2D eigenvalue weighted by atomic mass is 10.0. The zero-order valence-electron chi connectivity index (χ0n) is 15.4. The SMILES string of the molecule is O=c1[nH]cc(C#CC2CC2)c2nc(NC3CCNCC3)c3ccc(F)cc3c12. The minimum atomic E-state index is -0.373. The quantitative estimate of drug-likeness (QED) is 0.475. The van der Waals surface area contributed by atoms with Gasteiger partial charge in [-0.1, -0.05) is 11.8 Å². The molecule has 0 unspecified atom stereocenters. The summed E-state index contributed by atoms with van der Waals surface area (Å²) in [6.45, 7) is 1.91. The highest BCUT2D eigenvalue weighted by Gasteiger charge is 2.20. The van der Waals surface area contributed by atoms with E-state index in [0.29, 0.717) is 39.6 Å². The van der Waals surface area contributed by atoms with Crippen LogP contribution in [0.1, 0.15) is 31.2 Å². The monoisotopic (exact) mass is 376 g/mol. The Bertz CT molecular complexity index is 1180. The van der Waals surface area contributed by atoms with Gasteiger partial charge >= 0.3 is 0 Å². The van der Waals surface area contributed by atoms with Crippen molar-refractivity contribution in [2.45, 2.75) is 31.7 Å². The molecule has 1 aliphatic heterocycles. The molecule has 5 rings (SSSR count). The largest absolute Gasteiger partial charge is 0.367 e. The van der Waals surface area contributed by atoms with Gasteiger partial charge in [-0.3, -0.25) is 4.79 Å². The molecule has 0 radical (unpaired) electrons. The van der Waals surface area contributed by atoms with Crippen LogP contribution in [0, 0.1) is 23.6 Å². The first-order valence-corrected chi connectivity index (χ1v) is 9.82. The van der Waals surface area contributed by atoms with Crippen LogP contribution >= 0.6 is 0 Å². The number of pyridine rings is 2. The minimum Gasteiger partial charge on any atom is -0.367 e. The molecule has 2 fully saturated rings. The molecule has 0 spiro atoms. The van der Waals surface area contributed by atoms with Gasteiger partial charge in [0.2, 0.25) is 0 Å². The average molecular weight is 376 g/mol. The molecule has 3 heterocycles. The number of hydrogen-bond acceptors (Lipinski definition) is 4. The van der Waals surface area contributed by atoms with Gasteiger partial charge in [0.15, 0.2) is 0 Å². The first kappa shape index (κ1) is 17.2. The van der Waals surface area contributed by atoms with E-state index >= 15 is 0 Å². The highest BCUT2D eigenvalue weighted by atomic mass is 19.1. The molecule has 3 N–H and O–H groups in total. The normalized spacial score (nSPS) is 17.5. The number of nitrogens with zero attached hydrogens (tertiary/aromatic N) is 1. The van der Waals surface area contributed by atoms with Crippen molar-refractivity contribution >= 4 is 27.5 Å². The van der Waals surface area contributed by atoms with E-state index in [4.69, 9.17) is 4.98 Å². The zero-order chi connectivity index (χ0) is 19.1. The van der Waals surface area contributed by atoms with E-state index in [1.54, 1.807) is 12.3 Å². The third-order valence-corrected chi connectivity index (χ3v) is 5.46. The number of H-pyrrole nitrogens is 1. The summed E-state index contributed by atoms with van der Waals surface area (Å²) in [6.07, 6.45) is 5.85. The Labute approximate surface area is 161 Å². The molecule has 3 aromatic rings. The van der Waals surface area contributed by atoms with Crippen molar-refractivity contribution in [3.05, 3.63) is 46.1 Å². The van der Waals surface area contributed by atoms with Crippen molar-refractivity contribution in [3.63, 3.8) is 0 Å². The maximum absolute atomic E-state index is 14.1. The van der Waals surface area contributed by atoms with E-state index in [1.165, 1.54) is 12.1 Å². The van der Waals surface area contributed by atoms with Crippen LogP contribution in [-0.2, 0) is 0 Å². The molecule has 1 aliphatic carbocycles. The van der Waals surface area contributed by atoms with Gasteiger partial charge in [0, 0.05) is 28.9 Å². The number of anilines is 1. The van der Waals surface area contributed by atoms with Crippen LogP contribution in [0.4, 0.5) is 10.2 Å². The van der Waals surface area contributed by atoms with Crippen molar-refractivity contribution in [1.82, 2.24) is 15.3 Å². The number of aromatic nitrogens is 2. The van der Waals surface area contributed by atoms with Crippen LogP contribution in [-0.4, -0.2) is 29.1 Å². The van der Waals surface area contributed by atoms with Crippen LogP contribution < -0.4 is 16.2 Å². The molecule has 142 valence electrons. The van der Waals surface area contributed by atoms with Gasteiger partial charge in [0.05, 0.1) is 16.5 Å². The van der Waals surface area contributed by atoms with Gasteiger partial charge in [-0.15, -0.1) is 0 Å². The molecule has 0 amide bonds. The lowest BCUT2D eigenvalue weighted by Crippen LogP contribution is -2.35. The third kappa shape index (κ3) is 3.23. The molecule has 1 aromatic carbocycles. The molecule has 1 saturated heterocycles. The second-order valence-electron chi connectivity index (χ2n) is 7.62. The van der Waals surface area contributed by atoms with Gasteiger partial charge in [0.1, 0.15) is 11.6 Å². The summed E-state index contributed by atoms with van der Waals surface area (Å²) in [5.41, 5.74) is 0.941. The van der Waals surface area contributed by atoms with Crippen molar-refractivity contribution in [2.24, 2.45) is 5.92 Å². The van der Waals surface area contributed by atoms with Gasteiger partial charge in [-0.05, 0) is 57.0 Å². The summed E-state index contributed by atoms with van der Waals surface area (Å²) in [5.74, 6) is 7.16. The van der Waals surface area contributed by atoms with E-state index in [9.17, 15) is 9.18 Å². The lowest BCUT2D eigenvalue weighted by molar-refractivity contribution is 0.478. The molecule has 2 aliphatic rings. The second-order valence-corrected chi connectivity index (χ2v) is 7.62. The zero-order valence-corrected chi connectivity index (χ0v) is 15.4. The van der Waals surface area contributed by atoms with Crippen LogP contribution in [0.2, 0.25) is 0 Å². The molecule has 1 saturated carbocycles. The Kier molecular flexibility index (Phi) is 4.25. The van der Waals surface area contributed by atoms with Gasteiger partial charge in [-0.25, -0.2) is 9.37 Å². The molecular formula is C22H21FN4O. The fourth-order valence-corrected chi connectivity index (χ4v) is 3.76. The molecule has 0 bridgehead atoms. The minimum absolute atomic E-state index is 0.275. The molecule has 5 nitrogen and oxygen atoms in total. The topological polar surface area (TPSA) is 69.8 Å². The van der Waals surface area contributed by atoms with Crippen LogP contribution in [0.25, 0.3) is 21.7 Å². The van der Waals surface area contributed by atoms with E-state index in [-0.39, 0.29) is 11.4 Å². The Balaban J connectivity index is 1.74. The van der Waals surface area contributed by atoms with E-state index < -0.39 is 0 Å². The van der Waals surface area contributed by atoms with Crippen molar-refractivity contribution in [2.75, 3.05) is 18.4 Å². The van der Waals surface area contributed by atoms with E-state index in [1.807, 2.05) is 0 Å². The first-order valence-electron chi connectivity index (χ1n) is 9.82. The van der Waals surface area contributed by atoms with Gasteiger partial charge in [0.25, 0.3) is 5.56 Å². The number of nitrogens with one attached hydrogen (secondary N) is 3. The standard InChI is InChI=1S/C22H21FN4O/c23-15-5-6-17-18(11-15)19-20(27-21(17)26-16-7-9-24-10-8-16)14(12-25-22(19)28)4-3-13-1-2-13/h5-6,11-13,16,24H,1-2,7-10H2,(H,25,28)(H,26,27). The number of benzene rings is 1. The van der Waals surface area contributed by atoms with Crippen LogP contribution in [0.15, 0.2) is 29.2 Å². The highest BCUT2D eigenvalue weighted by molar-refractivity contribution is 6.10. The summed E-state index contributed by atoms with van der Waals surface area (Å²) >= 11 is 0. The summed E-state index contributed by atoms with van der Waals surface area (Å²) in [7, 11) is 0. The second kappa shape index (κ2) is 6.92. The molecule has 6 heteroatoms. The molecule has 2 aromatic heterocycles. The predicted octanol–water partition coefficient (Wildman–Crippen LogP) is 3.14. The fourth-order valence-electron chi connectivity index (χ4n) is 3.76. The maximum atomic E-state index is 14.1. The number of fused-ring (bicyclic) bond motifs is 3. The average Bonchev–Trinajstić information content (AvgIpc) is 3.52. The summed E-state index contributed by atoms with van der Waals surface area (Å²) in [4.78, 5) is 20.2. The van der Waals surface area contributed by atoms with E-state index in [0.717, 1.165) is 44.2 Å². The Morgan fingerprint density at radius 1 is 1.14 bits per heavy atom. The number of aromatic amines is 1. The lowest BCUT2D eigenvalue weighted by Gasteiger charge is -2.25. The fraction of sp³-hybridized carbons (Fsp3) is 0.364. The van der Waals surface area contributed by atoms with E-state index in [2.05, 4.69) is 27.5 Å². The molecule has 28 heavy (non-hydrogen) atoms. The summed E-state index contributed by atoms with van der Waals surface area (Å²) < 4.78 is 14.1. The Morgan fingerprint density at radius 3 is 2.75 bits per heavy atom. The van der Waals surface area contributed by atoms with Crippen molar-refractivity contribution in [1.29, 1.82) is 0 Å². The predicted molar refractivity (Wildman–Crippen MR) is 109 cm³/mol. The van der Waals surface area contributed by atoms with Crippen molar-refractivity contribution in [3.8, 4) is 11.8 Å². The molecule has 0 atom stereocenters. The number of halogens is 1. The number of rotatable bonds is 2. The summed E-state index contributed by atoms with van der Waals surface area (Å²) in [5, 5.41) is 8.59. The number of hydrogen-bond donors (Lipinski definition) is 3. The molecular weight excluding hydrogens is 355 g/mol. The number of piperidine rings is 1. The third-order valence-electron chi connectivity index (χ3n) is 5.46. The van der Waals surface area contributed by atoms with Gasteiger partial charge < -0.3 is 15.6 Å². The Morgan fingerprint density at radius 2 is 1.96 bits per heavy atom. The smallest absolute Gasteiger partial charge is 0.258 e. The highest BCUT2D eigenvalue weighted by Crippen LogP contribution is 2.31. The Hall–Kier alpha value is -2.91.